The van der Waals surface area contributed by atoms with Gasteiger partial charge in [-0.1, -0.05) is 31.6 Å². The fourth-order valence-electron chi connectivity index (χ4n) is 8.42. The van der Waals surface area contributed by atoms with Crippen molar-refractivity contribution in [3.05, 3.63) is 41.2 Å². The number of likely N-dealkylation sites (tertiary alicyclic amines) is 1. The van der Waals surface area contributed by atoms with Gasteiger partial charge in [-0.2, -0.15) is 0 Å². The van der Waals surface area contributed by atoms with Gasteiger partial charge in [0.2, 0.25) is 0 Å². The highest BCUT2D eigenvalue weighted by Gasteiger charge is 2.80. The average Bonchev–Trinajstić information content (AvgIpc) is 3.09. The third-order valence-electron chi connectivity index (χ3n) is 9.55. The van der Waals surface area contributed by atoms with Crippen LogP contribution in [0.5, 0.6) is 5.75 Å². The first kappa shape index (κ1) is 19.3. The van der Waals surface area contributed by atoms with Gasteiger partial charge in [-0.15, -0.1) is 0 Å². The number of nitrogens with zero attached hydrogens (tertiary/aromatic N) is 1. The fraction of sp³-hybridized carbons (Fsp3) is 0.680. The Labute approximate surface area is 178 Å². The monoisotopic (exact) mass is 413 g/mol. The van der Waals surface area contributed by atoms with Crippen molar-refractivity contribution in [3.8, 4) is 5.75 Å². The van der Waals surface area contributed by atoms with Crippen LogP contribution in [0.3, 0.4) is 0 Å². The third kappa shape index (κ3) is 1.82. The Bertz CT molecular complexity index is 960. The van der Waals surface area contributed by atoms with Crippen molar-refractivity contribution in [2.45, 2.75) is 74.7 Å². The number of methoxy groups -OCH3 is 1. The van der Waals surface area contributed by atoms with E-state index < -0.39 is 11.2 Å². The highest BCUT2D eigenvalue weighted by Crippen LogP contribution is 2.74. The first-order valence-electron chi connectivity index (χ1n) is 11.4. The number of piperidine rings is 1. The van der Waals surface area contributed by atoms with Crippen LogP contribution >= 0.6 is 0 Å². The number of likely N-dealkylation sites (N-methyl/N-ethyl adjacent to an activating group) is 1. The van der Waals surface area contributed by atoms with Gasteiger partial charge in [0.15, 0.2) is 11.6 Å². The molecule has 0 unspecified atom stereocenters. The molecule has 0 radical (unpaired) electrons. The number of benzene rings is 1. The lowest BCUT2D eigenvalue weighted by atomic mass is 9.36. The average molecular weight is 414 g/mol. The molecule has 4 bridgehead atoms. The van der Waals surface area contributed by atoms with E-state index in [1.807, 2.05) is 13.0 Å². The van der Waals surface area contributed by atoms with E-state index in [0.29, 0.717) is 18.2 Å². The van der Waals surface area contributed by atoms with E-state index in [0.717, 1.165) is 37.8 Å². The molecule has 7 atom stereocenters. The molecule has 7 rings (SSSR count). The van der Waals surface area contributed by atoms with Crippen LogP contribution < -0.4 is 4.74 Å². The van der Waals surface area contributed by atoms with Crippen LogP contribution in [0, 0.1) is 17.2 Å². The largest absolute Gasteiger partial charge is 0.483 e. The lowest BCUT2D eigenvalue weighted by Crippen LogP contribution is -2.80. The summed E-state index contributed by atoms with van der Waals surface area (Å²) < 4.78 is 28.0. The van der Waals surface area contributed by atoms with Crippen molar-refractivity contribution in [2.75, 3.05) is 20.7 Å². The predicted molar refractivity (Wildman–Crippen MR) is 112 cm³/mol. The van der Waals surface area contributed by atoms with Crippen molar-refractivity contribution in [1.29, 1.82) is 0 Å². The summed E-state index contributed by atoms with van der Waals surface area (Å²) >= 11 is 0. The smallest absolute Gasteiger partial charge is 0.165 e. The molecule has 4 aliphatic carbocycles. The fourth-order valence-corrected chi connectivity index (χ4v) is 8.42. The van der Waals surface area contributed by atoms with E-state index in [2.05, 4.69) is 31.0 Å². The Kier molecular flexibility index (Phi) is 3.64. The summed E-state index contributed by atoms with van der Waals surface area (Å²) in [6, 6.07) is 3.85. The standard InChI is InChI=1S/C25H32FNO3/c1-5-8-22(2,28)17-14-23-9-10-25(17,29-4)21-24(23)11-12-27(3)18(23)13-15-6-7-16(26)20(30-21)19(15)24/h6-7,9-10,17-18,21,28H,5,8,11-14H2,1-4H3/t17-,18-,21-,22-,23-,24+,25-/m1/s1. The number of hydrogen-bond donors (Lipinski definition) is 1. The maximum absolute atomic E-state index is 15.1. The van der Waals surface area contributed by atoms with Gasteiger partial charge in [0.25, 0.3) is 0 Å². The Hall–Kier alpha value is -1.43. The Morgan fingerprint density at radius 1 is 1.37 bits per heavy atom. The van der Waals surface area contributed by atoms with Crippen molar-refractivity contribution in [1.82, 2.24) is 4.90 Å². The second-order valence-corrected chi connectivity index (χ2v) is 10.6. The molecule has 1 aromatic carbocycles. The normalized spacial score (nSPS) is 44.5. The quantitative estimate of drug-likeness (QED) is 0.766. The summed E-state index contributed by atoms with van der Waals surface area (Å²) in [5, 5.41) is 11.6. The van der Waals surface area contributed by atoms with E-state index >= 15 is 4.39 Å². The molecule has 1 N–H and O–H groups in total. The second-order valence-electron chi connectivity index (χ2n) is 10.6. The Morgan fingerprint density at radius 2 is 2.17 bits per heavy atom. The lowest BCUT2D eigenvalue weighted by molar-refractivity contribution is -0.247. The van der Waals surface area contributed by atoms with E-state index in [1.165, 1.54) is 5.56 Å². The lowest BCUT2D eigenvalue weighted by Gasteiger charge is -2.72. The summed E-state index contributed by atoms with van der Waals surface area (Å²) in [7, 11) is 3.94. The zero-order valence-corrected chi connectivity index (χ0v) is 18.4. The Balaban J connectivity index is 1.66. The van der Waals surface area contributed by atoms with Crippen LogP contribution in [-0.4, -0.2) is 54.1 Å². The van der Waals surface area contributed by atoms with Gasteiger partial charge in [-0.25, -0.2) is 4.39 Å². The molecule has 6 aliphatic rings. The van der Waals surface area contributed by atoms with E-state index in [-0.39, 0.29) is 28.7 Å². The zero-order valence-electron chi connectivity index (χ0n) is 18.4. The first-order chi connectivity index (χ1) is 14.3. The molecular formula is C25H32FNO3. The van der Waals surface area contributed by atoms with Gasteiger partial charge in [0, 0.05) is 30.0 Å². The van der Waals surface area contributed by atoms with Crippen molar-refractivity contribution >= 4 is 0 Å². The molecule has 2 spiro atoms. The van der Waals surface area contributed by atoms with Crippen molar-refractivity contribution < 1.29 is 19.0 Å². The number of fused-ring (bicyclic) bond motifs is 1. The minimum atomic E-state index is -0.881. The molecular weight excluding hydrogens is 381 g/mol. The number of aliphatic hydroxyl groups is 1. The van der Waals surface area contributed by atoms with Crippen LogP contribution in [0.2, 0.25) is 0 Å². The molecule has 1 aromatic rings. The van der Waals surface area contributed by atoms with Gasteiger partial charge >= 0.3 is 0 Å². The van der Waals surface area contributed by atoms with Crippen molar-refractivity contribution in [2.24, 2.45) is 11.3 Å². The molecule has 162 valence electrons. The molecule has 30 heavy (non-hydrogen) atoms. The van der Waals surface area contributed by atoms with Crippen LogP contribution in [0.4, 0.5) is 4.39 Å². The predicted octanol–water partition coefficient (Wildman–Crippen LogP) is 3.60. The van der Waals surface area contributed by atoms with Gasteiger partial charge < -0.3 is 19.5 Å². The number of halogens is 1. The summed E-state index contributed by atoms with van der Waals surface area (Å²) in [5.41, 5.74) is 0.198. The van der Waals surface area contributed by atoms with Crippen LogP contribution in [0.25, 0.3) is 0 Å². The molecule has 4 nitrogen and oxygen atoms in total. The van der Waals surface area contributed by atoms with E-state index in [4.69, 9.17) is 9.47 Å². The van der Waals surface area contributed by atoms with Gasteiger partial charge in [0.1, 0.15) is 11.7 Å². The Morgan fingerprint density at radius 3 is 2.90 bits per heavy atom. The first-order valence-corrected chi connectivity index (χ1v) is 11.4. The summed E-state index contributed by atoms with van der Waals surface area (Å²) in [6.45, 7) is 5.03. The number of hydrogen-bond acceptors (Lipinski definition) is 4. The summed E-state index contributed by atoms with van der Waals surface area (Å²) in [4.78, 5) is 2.48. The highest BCUT2D eigenvalue weighted by atomic mass is 19.1. The minimum absolute atomic E-state index is 0.106. The molecule has 2 fully saturated rings. The van der Waals surface area contributed by atoms with Crippen molar-refractivity contribution in [3.63, 3.8) is 0 Å². The third-order valence-corrected chi connectivity index (χ3v) is 9.55. The highest BCUT2D eigenvalue weighted by molar-refractivity contribution is 5.61. The molecule has 5 heteroatoms. The molecule has 2 heterocycles. The topological polar surface area (TPSA) is 41.9 Å². The number of rotatable bonds is 4. The maximum Gasteiger partial charge on any atom is 0.165 e. The van der Waals surface area contributed by atoms with Crippen LogP contribution in [0.15, 0.2) is 24.3 Å². The zero-order chi connectivity index (χ0) is 21.1. The van der Waals surface area contributed by atoms with Gasteiger partial charge in [-0.05, 0) is 57.8 Å². The SMILES string of the molecule is CCC[C@@](C)(O)[C@H]1C[C@@]23C=C[C@]1(OC)[C@@H]1Oc4c(F)ccc5c4[C@@]12CCN(C)[C@@H]3C5. The van der Waals surface area contributed by atoms with Crippen LogP contribution in [0.1, 0.15) is 50.7 Å². The molecule has 1 saturated heterocycles. The molecule has 2 aliphatic heterocycles. The molecule has 0 aromatic heterocycles. The van der Waals surface area contributed by atoms with Gasteiger partial charge in [-0.3, -0.25) is 0 Å². The van der Waals surface area contributed by atoms with Crippen LogP contribution in [-0.2, 0) is 16.6 Å². The minimum Gasteiger partial charge on any atom is -0.483 e. The van der Waals surface area contributed by atoms with E-state index in [1.54, 1.807) is 13.2 Å². The number of ether oxygens (including phenoxy) is 2. The second kappa shape index (κ2) is 5.67. The van der Waals surface area contributed by atoms with Gasteiger partial charge in [0.05, 0.1) is 11.0 Å². The van der Waals surface area contributed by atoms with E-state index in [9.17, 15) is 5.11 Å². The maximum atomic E-state index is 15.1. The summed E-state index contributed by atoms with van der Waals surface area (Å²) in [5.74, 6) is 0.0596. The summed E-state index contributed by atoms with van der Waals surface area (Å²) in [6.07, 6.45) is 8.50. The molecule has 0 amide bonds. The molecule has 1 saturated carbocycles.